The highest BCUT2D eigenvalue weighted by molar-refractivity contribution is 5.71. The predicted octanol–water partition coefficient (Wildman–Crippen LogP) is 21.2. The van der Waals surface area contributed by atoms with E-state index in [-0.39, 0.29) is 32.2 Å². The van der Waals surface area contributed by atoms with E-state index in [0.29, 0.717) is 23.9 Å². The van der Waals surface area contributed by atoms with Crippen LogP contribution in [0.5, 0.6) is 0 Å². The van der Waals surface area contributed by atoms with E-state index in [4.69, 9.17) is 18.9 Å². The van der Waals surface area contributed by atoms with Crippen molar-refractivity contribution in [3.8, 4) is 0 Å². The van der Waals surface area contributed by atoms with E-state index in [0.717, 1.165) is 51.4 Å². The van der Waals surface area contributed by atoms with Crippen molar-refractivity contribution < 1.29 is 42.9 Å². The average Bonchev–Trinajstić information content (AvgIpc) is 3.43. The van der Waals surface area contributed by atoms with Crippen LogP contribution >= 0.6 is 0 Å². The van der Waals surface area contributed by atoms with Crippen LogP contribution in [0, 0.1) is 0 Å². The van der Waals surface area contributed by atoms with Gasteiger partial charge >= 0.3 is 17.9 Å². The van der Waals surface area contributed by atoms with Crippen molar-refractivity contribution in [2.75, 3.05) is 47.5 Å². The Bertz CT molecular complexity index is 1410. The molecular weight excluding hydrogens is 995 g/mol. The summed E-state index contributed by atoms with van der Waals surface area (Å²) in [6, 6.07) is 0. The van der Waals surface area contributed by atoms with Gasteiger partial charge in [0.15, 0.2) is 6.10 Å². The Morgan fingerprint density at radius 1 is 0.375 bits per heavy atom. The highest BCUT2D eigenvalue weighted by Crippen LogP contribution is 2.18. The smallest absolute Gasteiger partial charge is 0.361 e. The fraction of sp³-hybridized carbons (Fsp3) is 0.873. The zero-order valence-corrected chi connectivity index (χ0v) is 53.8. The third-order valence-corrected chi connectivity index (χ3v) is 15.6. The number of allylic oxidation sites excluding steroid dienone is 6. The molecule has 1 N–H and O–H groups in total. The summed E-state index contributed by atoms with van der Waals surface area (Å²) in [5, 5.41) is 9.72. The molecule has 0 fully saturated rings. The largest absolute Gasteiger partial charge is 0.477 e. The quantitative estimate of drug-likeness (QED) is 0.0211. The first kappa shape index (κ1) is 77.5. The summed E-state index contributed by atoms with van der Waals surface area (Å²) < 4.78 is 22.9. The molecule has 0 aromatic carbocycles. The number of carboxylic acids is 1. The van der Waals surface area contributed by atoms with Gasteiger partial charge < -0.3 is 28.5 Å². The van der Waals surface area contributed by atoms with Crippen LogP contribution in [-0.4, -0.2) is 87.4 Å². The molecule has 0 aliphatic carbocycles. The molecule has 9 heteroatoms. The van der Waals surface area contributed by atoms with Crippen molar-refractivity contribution in [1.82, 2.24) is 0 Å². The Morgan fingerprint density at radius 2 is 0.675 bits per heavy atom. The second-order valence-electron chi connectivity index (χ2n) is 24.8. The molecule has 0 bridgehead atoms. The number of aliphatic carboxylic acids is 1. The van der Waals surface area contributed by atoms with Crippen LogP contribution in [-0.2, 0) is 33.3 Å². The van der Waals surface area contributed by atoms with E-state index in [1.165, 1.54) is 257 Å². The predicted molar refractivity (Wildman–Crippen MR) is 341 cm³/mol. The molecule has 0 rings (SSSR count). The van der Waals surface area contributed by atoms with Gasteiger partial charge in [-0.2, -0.15) is 0 Å². The third kappa shape index (κ3) is 63.1. The minimum Gasteiger partial charge on any atom is -0.477 e. The maximum Gasteiger partial charge on any atom is 0.361 e. The number of quaternary nitrogens is 1. The lowest BCUT2D eigenvalue weighted by Gasteiger charge is -2.25. The van der Waals surface area contributed by atoms with Crippen molar-refractivity contribution in [3.05, 3.63) is 36.5 Å². The van der Waals surface area contributed by atoms with Crippen LogP contribution in [0.2, 0.25) is 0 Å². The van der Waals surface area contributed by atoms with Gasteiger partial charge in [0, 0.05) is 12.8 Å². The minimum absolute atomic E-state index is 0.181. The van der Waals surface area contributed by atoms with E-state index in [1.807, 2.05) is 21.1 Å². The number of carbonyl (C=O) groups excluding carboxylic acids is 2. The molecule has 0 spiro atoms. The van der Waals surface area contributed by atoms with Gasteiger partial charge in [0.2, 0.25) is 0 Å². The molecule has 0 saturated heterocycles. The summed E-state index contributed by atoms with van der Waals surface area (Å²) in [5.41, 5.74) is 0. The Hall–Kier alpha value is -2.49. The number of hydrogen-bond donors (Lipinski definition) is 1. The van der Waals surface area contributed by atoms with Gasteiger partial charge in [0.25, 0.3) is 6.29 Å². The number of rotatable bonds is 65. The van der Waals surface area contributed by atoms with Crippen molar-refractivity contribution >= 4 is 17.9 Å². The summed E-state index contributed by atoms with van der Waals surface area (Å²) in [4.78, 5) is 37.5. The average molecular weight is 1130 g/mol. The van der Waals surface area contributed by atoms with Crippen molar-refractivity contribution in [3.63, 3.8) is 0 Å². The molecule has 0 heterocycles. The normalized spacial score (nSPS) is 12.9. The fourth-order valence-electron chi connectivity index (χ4n) is 10.3. The molecule has 0 aromatic rings. The molecule has 0 aliphatic rings. The molecule has 0 aliphatic heterocycles. The molecule has 80 heavy (non-hydrogen) atoms. The fourth-order valence-corrected chi connectivity index (χ4v) is 10.3. The van der Waals surface area contributed by atoms with E-state index >= 15 is 0 Å². The van der Waals surface area contributed by atoms with Gasteiger partial charge in [0.05, 0.1) is 34.4 Å². The topological polar surface area (TPSA) is 108 Å². The zero-order valence-electron chi connectivity index (χ0n) is 53.8. The summed E-state index contributed by atoms with van der Waals surface area (Å²) >= 11 is 0. The first-order valence-corrected chi connectivity index (χ1v) is 34.7. The Balaban J connectivity index is 3.97. The number of likely N-dealkylation sites (N-methyl/N-ethyl adjacent to an activating group) is 1. The second-order valence-corrected chi connectivity index (χ2v) is 24.8. The molecule has 2 atom stereocenters. The number of carbonyl (C=O) groups is 3. The maximum absolute atomic E-state index is 12.9. The van der Waals surface area contributed by atoms with E-state index in [1.54, 1.807) is 0 Å². The lowest BCUT2D eigenvalue weighted by Crippen LogP contribution is -2.40. The summed E-state index contributed by atoms with van der Waals surface area (Å²) in [6.45, 7) is 4.90. The van der Waals surface area contributed by atoms with Crippen LogP contribution in [0.25, 0.3) is 0 Å². The van der Waals surface area contributed by atoms with Crippen LogP contribution < -0.4 is 0 Å². The van der Waals surface area contributed by atoms with Gasteiger partial charge in [0.1, 0.15) is 13.2 Å². The minimum atomic E-state index is -1.51. The monoisotopic (exact) mass is 1130 g/mol. The van der Waals surface area contributed by atoms with Gasteiger partial charge in [-0.05, 0) is 70.6 Å². The van der Waals surface area contributed by atoms with E-state index < -0.39 is 24.3 Å². The van der Waals surface area contributed by atoms with Crippen molar-refractivity contribution in [2.45, 2.75) is 354 Å². The van der Waals surface area contributed by atoms with Gasteiger partial charge in [-0.25, -0.2) is 4.79 Å². The third-order valence-electron chi connectivity index (χ3n) is 15.6. The highest BCUT2D eigenvalue weighted by atomic mass is 16.7. The zero-order chi connectivity index (χ0) is 58.3. The standard InChI is InChI=1S/C71H133NO8/c1-6-8-10-12-14-16-18-20-22-24-26-27-28-29-30-31-32-33-34-35-36-37-38-39-40-41-42-43-44-46-47-49-51-53-55-57-59-61-68(73)78-65-67(66-79-71(70(75)76)77-64-63-72(3,4)5)80-69(74)62-60-58-56-54-52-50-48-45-25-23-21-19-17-15-13-11-9-7-2/h17,19,23-26,67,71H,6-16,18,20-22,27-66H2,1-5H3/p+1/b19-17-,25-23-,26-24-. The Morgan fingerprint density at radius 3 is 1.01 bits per heavy atom. The van der Waals surface area contributed by atoms with Crippen LogP contribution in [0.3, 0.4) is 0 Å². The van der Waals surface area contributed by atoms with Gasteiger partial charge in [-0.1, -0.05) is 294 Å². The molecule has 470 valence electrons. The lowest BCUT2D eigenvalue weighted by atomic mass is 10.0. The van der Waals surface area contributed by atoms with Gasteiger partial charge in [-0.3, -0.25) is 9.59 Å². The summed E-state index contributed by atoms with van der Waals surface area (Å²) in [7, 11) is 5.98. The second kappa shape index (κ2) is 62.6. The number of hydrogen-bond acceptors (Lipinski definition) is 7. The highest BCUT2D eigenvalue weighted by Gasteiger charge is 2.25. The molecule has 9 nitrogen and oxygen atoms in total. The number of unbranched alkanes of at least 4 members (excludes halogenated alkanes) is 44. The Kier molecular flexibility index (Phi) is 60.6. The van der Waals surface area contributed by atoms with Crippen molar-refractivity contribution in [2.24, 2.45) is 0 Å². The molecular formula is C71H134NO8+. The first-order valence-electron chi connectivity index (χ1n) is 34.7. The Labute approximate surface area is 496 Å². The maximum atomic E-state index is 12.9. The molecule has 0 radical (unpaired) electrons. The summed E-state index contributed by atoms with van der Waals surface area (Å²) in [6.07, 6.45) is 75.6. The van der Waals surface area contributed by atoms with Crippen LogP contribution in [0.1, 0.15) is 341 Å². The lowest BCUT2D eigenvalue weighted by molar-refractivity contribution is -0.870. The molecule has 2 unspecified atom stereocenters. The van der Waals surface area contributed by atoms with Crippen LogP contribution in [0.4, 0.5) is 0 Å². The molecule has 0 aromatic heterocycles. The number of carboxylic acid groups (broad SMARTS) is 1. The SMILES string of the molecule is CCCCCC/C=C\C/C=C\CCCCCCCCCC(=O)OC(COC(=O)CCCCCCCCCCCCCCCCCCCCCCCCCCC/C=C\CCCCCCCCCC)COC(OCC[N+](C)(C)C)C(=O)O. The first-order chi connectivity index (χ1) is 39.1. The number of esters is 2. The van der Waals surface area contributed by atoms with E-state index in [2.05, 4.69) is 50.3 Å². The molecule has 0 saturated carbocycles. The van der Waals surface area contributed by atoms with Crippen LogP contribution in [0.15, 0.2) is 36.5 Å². The van der Waals surface area contributed by atoms with Crippen molar-refractivity contribution in [1.29, 1.82) is 0 Å². The molecule has 0 amide bonds. The number of ether oxygens (including phenoxy) is 4. The van der Waals surface area contributed by atoms with E-state index in [9.17, 15) is 19.5 Å². The summed E-state index contributed by atoms with van der Waals surface area (Å²) in [5.74, 6) is -1.99. The van der Waals surface area contributed by atoms with Gasteiger partial charge in [-0.15, -0.1) is 0 Å². The number of nitrogens with zero attached hydrogens (tertiary/aromatic N) is 1.